The van der Waals surface area contributed by atoms with Gasteiger partial charge in [-0.05, 0) is 12.8 Å². The summed E-state index contributed by atoms with van der Waals surface area (Å²) in [5.74, 6) is 0. The average Bonchev–Trinajstić information content (AvgIpc) is 2.34. The molecule has 2 heteroatoms. The second kappa shape index (κ2) is 12.4. The first-order chi connectivity index (χ1) is 8.26. The van der Waals surface area contributed by atoms with Crippen molar-refractivity contribution in [3.8, 4) is 0 Å². The van der Waals surface area contributed by atoms with Crippen molar-refractivity contribution in [1.29, 1.82) is 0 Å². The van der Waals surface area contributed by atoms with E-state index < -0.39 is 0 Å². The Hall–Kier alpha value is -0.0800. The van der Waals surface area contributed by atoms with E-state index in [0.29, 0.717) is 0 Å². The van der Waals surface area contributed by atoms with Crippen LogP contribution >= 0.6 is 0 Å². The highest BCUT2D eigenvalue weighted by molar-refractivity contribution is 4.54. The number of unbranched alkanes of at least 4 members (excludes halogenated alkanes) is 6. The molecule has 0 spiro atoms. The third kappa shape index (κ3) is 9.61. The van der Waals surface area contributed by atoms with Crippen LogP contribution in [0.3, 0.4) is 0 Å². The van der Waals surface area contributed by atoms with Crippen LogP contribution in [0.2, 0.25) is 0 Å². The molecular weight excluding hydrogens is 208 g/mol. The number of hydrogen-bond acceptors (Lipinski definition) is 2. The van der Waals surface area contributed by atoms with E-state index in [1.165, 1.54) is 64.5 Å². The monoisotopic (exact) mass is 242 g/mol. The summed E-state index contributed by atoms with van der Waals surface area (Å²) in [6.07, 6.45) is 10.9. The molecule has 0 fully saturated rings. The van der Waals surface area contributed by atoms with E-state index in [2.05, 4.69) is 37.8 Å². The Morgan fingerprint density at radius 2 is 1.18 bits per heavy atom. The molecule has 0 unspecified atom stereocenters. The molecule has 0 rings (SSSR count). The SMILES string of the molecule is CCCCCCCN(CC)N(C)CCCCC. The Kier molecular flexibility index (Phi) is 12.3. The standard InChI is InChI=1S/C15H34N2/c1-5-8-10-11-13-15-17(7-3)16(4)14-12-9-6-2/h5-15H2,1-4H3. The summed E-state index contributed by atoms with van der Waals surface area (Å²) in [7, 11) is 2.24. The van der Waals surface area contributed by atoms with Crippen molar-refractivity contribution in [1.82, 2.24) is 10.0 Å². The molecule has 0 N–H and O–H groups in total. The van der Waals surface area contributed by atoms with Crippen molar-refractivity contribution in [2.45, 2.75) is 72.1 Å². The van der Waals surface area contributed by atoms with E-state index in [0.717, 1.165) is 6.54 Å². The van der Waals surface area contributed by atoms with Crippen molar-refractivity contribution in [2.75, 3.05) is 26.7 Å². The summed E-state index contributed by atoms with van der Waals surface area (Å²) in [5.41, 5.74) is 0. The van der Waals surface area contributed by atoms with E-state index in [-0.39, 0.29) is 0 Å². The quantitative estimate of drug-likeness (QED) is 0.371. The highest BCUT2D eigenvalue weighted by Crippen LogP contribution is 2.06. The number of rotatable bonds is 12. The van der Waals surface area contributed by atoms with Gasteiger partial charge in [0.15, 0.2) is 0 Å². The van der Waals surface area contributed by atoms with Crippen LogP contribution in [0.5, 0.6) is 0 Å². The van der Waals surface area contributed by atoms with Crippen molar-refractivity contribution in [2.24, 2.45) is 0 Å². The second-order valence-corrected chi connectivity index (χ2v) is 5.05. The molecule has 0 saturated carbocycles. The van der Waals surface area contributed by atoms with Gasteiger partial charge in [-0.15, -0.1) is 0 Å². The van der Waals surface area contributed by atoms with Crippen molar-refractivity contribution < 1.29 is 0 Å². The molecule has 0 aliphatic carbocycles. The van der Waals surface area contributed by atoms with Crippen LogP contribution in [0.1, 0.15) is 72.1 Å². The van der Waals surface area contributed by atoms with Crippen LogP contribution in [0.4, 0.5) is 0 Å². The Balaban J connectivity index is 3.58. The fraction of sp³-hybridized carbons (Fsp3) is 1.00. The molecule has 0 aliphatic rings. The molecule has 0 atom stereocenters. The number of hydrazine groups is 1. The van der Waals surface area contributed by atoms with E-state index in [4.69, 9.17) is 0 Å². The maximum absolute atomic E-state index is 2.50. The number of nitrogens with zero attached hydrogens (tertiary/aromatic N) is 2. The Labute approximate surface area is 109 Å². The molecule has 0 aromatic heterocycles. The molecule has 0 heterocycles. The summed E-state index contributed by atoms with van der Waals surface area (Å²) in [6, 6.07) is 0. The lowest BCUT2D eigenvalue weighted by Gasteiger charge is -2.31. The minimum Gasteiger partial charge on any atom is -0.245 e. The van der Waals surface area contributed by atoms with Crippen molar-refractivity contribution in [3.63, 3.8) is 0 Å². The Morgan fingerprint density at radius 1 is 0.647 bits per heavy atom. The normalized spacial score (nSPS) is 11.6. The zero-order valence-electron chi connectivity index (χ0n) is 12.7. The third-order valence-electron chi connectivity index (χ3n) is 3.45. The van der Waals surface area contributed by atoms with Crippen LogP contribution in [-0.2, 0) is 0 Å². The van der Waals surface area contributed by atoms with Gasteiger partial charge in [0.05, 0.1) is 0 Å². The fourth-order valence-corrected chi connectivity index (χ4v) is 2.20. The van der Waals surface area contributed by atoms with Gasteiger partial charge >= 0.3 is 0 Å². The van der Waals surface area contributed by atoms with Gasteiger partial charge in [-0.2, -0.15) is 0 Å². The van der Waals surface area contributed by atoms with Crippen LogP contribution in [0, 0.1) is 0 Å². The lowest BCUT2D eigenvalue weighted by Crippen LogP contribution is -2.40. The summed E-state index contributed by atoms with van der Waals surface area (Å²) in [6.45, 7) is 10.4. The van der Waals surface area contributed by atoms with Crippen LogP contribution in [0.25, 0.3) is 0 Å². The molecule has 0 saturated heterocycles. The molecule has 0 radical (unpaired) electrons. The lowest BCUT2D eigenvalue weighted by atomic mass is 10.1. The maximum atomic E-state index is 2.50. The molecule has 0 amide bonds. The summed E-state index contributed by atoms with van der Waals surface area (Å²) in [4.78, 5) is 0. The fourth-order valence-electron chi connectivity index (χ4n) is 2.20. The smallest absolute Gasteiger partial charge is 0.0133 e. The minimum atomic E-state index is 1.15. The van der Waals surface area contributed by atoms with Gasteiger partial charge in [0.25, 0.3) is 0 Å². The second-order valence-electron chi connectivity index (χ2n) is 5.05. The van der Waals surface area contributed by atoms with Crippen LogP contribution < -0.4 is 0 Å². The predicted octanol–water partition coefficient (Wildman–Crippen LogP) is 4.32. The molecule has 17 heavy (non-hydrogen) atoms. The van der Waals surface area contributed by atoms with Crippen LogP contribution in [0.15, 0.2) is 0 Å². The van der Waals surface area contributed by atoms with E-state index >= 15 is 0 Å². The molecule has 0 aromatic rings. The van der Waals surface area contributed by atoms with Gasteiger partial charge in [0.2, 0.25) is 0 Å². The first kappa shape index (κ1) is 16.9. The molecule has 0 bridgehead atoms. The van der Waals surface area contributed by atoms with Crippen molar-refractivity contribution >= 4 is 0 Å². The zero-order valence-corrected chi connectivity index (χ0v) is 12.7. The van der Waals surface area contributed by atoms with E-state index in [9.17, 15) is 0 Å². The molecular formula is C15H34N2. The topological polar surface area (TPSA) is 6.48 Å². The molecule has 0 aliphatic heterocycles. The van der Waals surface area contributed by atoms with E-state index in [1.54, 1.807) is 0 Å². The molecule has 0 aromatic carbocycles. The Morgan fingerprint density at radius 3 is 1.76 bits per heavy atom. The zero-order chi connectivity index (χ0) is 12.9. The number of hydrogen-bond donors (Lipinski definition) is 0. The largest absolute Gasteiger partial charge is 0.245 e. The highest BCUT2D eigenvalue weighted by atomic mass is 15.6. The van der Waals surface area contributed by atoms with E-state index in [1.807, 2.05) is 0 Å². The van der Waals surface area contributed by atoms with Crippen LogP contribution in [-0.4, -0.2) is 36.7 Å². The van der Waals surface area contributed by atoms with Gasteiger partial charge in [-0.25, -0.2) is 10.0 Å². The first-order valence-corrected chi connectivity index (χ1v) is 7.72. The van der Waals surface area contributed by atoms with Gasteiger partial charge in [0.1, 0.15) is 0 Å². The highest BCUT2D eigenvalue weighted by Gasteiger charge is 2.07. The van der Waals surface area contributed by atoms with Gasteiger partial charge in [0, 0.05) is 26.7 Å². The minimum absolute atomic E-state index is 1.15. The van der Waals surface area contributed by atoms with Crippen molar-refractivity contribution in [3.05, 3.63) is 0 Å². The Bertz CT molecular complexity index is 148. The summed E-state index contributed by atoms with van der Waals surface area (Å²) >= 11 is 0. The van der Waals surface area contributed by atoms with Gasteiger partial charge < -0.3 is 0 Å². The third-order valence-corrected chi connectivity index (χ3v) is 3.45. The molecule has 2 nitrogen and oxygen atoms in total. The van der Waals surface area contributed by atoms with Gasteiger partial charge in [-0.3, -0.25) is 0 Å². The predicted molar refractivity (Wildman–Crippen MR) is 78.2 cm³/mol. The van der Waals surface area contributed by atoms with Gasteiger partial charge in [-0.1, -0.05) is 59.3 Å². The lowest BCUT2D eigenvalue weighted by molar-refractivity contribution is 0.00176. The maximum Gasteiger partial charge on any atom is 0.0133 e. The summed E-state index contributed by atoms with van der Waals surface area (Å²) in [5, 5.41) is 4.93. The average molecular weight is 242 g/mol. The first-order valence-electron chi connectivity index (χ1n) is 7.72. The molecule has 104 valence electrons. The summed E-state index contributed by atoms with van der Waals surface area (Å²) < 4.78 is 0.